The molecule has 2 rings (SSSR count). The summed E-state index contributed by atoms with van der Waals surface area (Å²) in [4.78, 5) is 11.5. The number of amides is 1. The molecule has 0 aliphatic heterocycles. The van der Waals surface area contributed by atoms with E-state index in [1.807, 2.05) is 25.1 Å². The summed E-state index contributed by atoms with van der Waals surface area (Å²) in [6, 6.07) is 5.58. The van der Waals surface area contributed by atoms with Crippen molar-refractivity contribution in [3.63, 3.8) is 0 Å². The van der Waals surface area contributed by atoms with Crippen LogP contribution in [0.3, 0.4) is 0 Å². The molecule has 1 aromatic carbocycles. The molecule has 112 valence electrons. The molecule has 0 spiro atoms. The normalized spacial score (nSPS) is 10.2. The highest BCUT2D eigenvalue weighted by atomic mass is 35.5. The number of ether oxygens (including phenoxy) is 1. The van der Waals surface area contributed by atoms with Crippen molar-refractivity contribution in [2.45, 2.75) is 20.4 Å². The molecule has 0 saturated carbocycles. The van der Waals surface area contributed by atoms with Gasteiger partial charge in [0, 0.05) is 22.9 Å². The molecule has 1 aromatic heterocycles. The average Bonchev–Trinajstić information content (AvgIpc) is 2.85. The number of aromatic nitrogens is 2. The van der Waals surface area contributed by atoms with E-state index in [0.717, 1.165) is 22.8 Å². The summed E-state index contributed by atoms with van der Waals surface area (Å²) in [6.45, 7) is 4.47. The van der Waals surface area contributed by atoms with Gasteiger partial charge < -0.3 is 10.1 Å². The summed E-state index contributed by atoms with van der Waals surface area (Å²) in [5.41, 5.74) is 3.18. The van der Waals surface area contributed by atoms with Crippen molar-refractivity contribution in [1.82, 2.24) is 9.59 Å². The van der Waals surface area contributed by atoms with Crippen molar-refractivity contribution < 1.29 is 9.53 Å². The Kier molecular flexibility index (Phi) is 5.35. The number of rotatable bonds is 5. The van der Waals surface area contributed by atoms with Crippen LogP contribution in [0.15, 0.2) is 18.2 Å². The first-order chi connectivity index (χ1) is 10.1. The van der Waals surface area contributed by atoms with Crippen LogP contribution in [0.1, 0.15) is 18.2 Å². The lowest BCUT2D eigenvalue weighted by molar-refractivity contribution is 0.168. The van der Waals surface area contributed by atoms with Crippen molar-refractivity contribution in [2.75, 3.05) is 17.2 Å². The van der Waals surface area contributed by atoms with Crippen LogP contribution in [0, 0.1) is 6.92 Å². The van der Waals surface area contributed by atoms with Crippen molar-refractivity contribution in [2.24, 2.45) is 0 Å². The first-order valence-electron chi connectivity index (χ1n) is 6.35. The number of benzene rings is 1. The van der Waals surface area contributed by atoms with E-state index in [1.165, 1.54) is 0 Å². The summed E-state index contributed by atoms with van der Waals surface area (Å²) in [5.74, 6) is 0. The third-order valence-corrected chi connectivity index (χ3v) is 3.79. The minimum atomic E-state index is -0.468. The van der Waals surface area contributed by atoms with Crippen LogP contribution in [0.25, 0.3) is 0 Å². The molecular weight excluding hydrogens is 312 g/mol. The molecule has 6 nitrogen and oxygen atoms in total. The van der Waals surface area contributed by atoms with Crippen LogP contribution >= 0.6 is 23.1 Å². The molecule has 21 heavy (non-hydrogen) atoms. The van der Waals surface area contributed by atoms with Gasteiger partial charge >= 0.3 is 6.09 Å². The Morgan fingerprint density at radius 3 is 2.86 bits per heavy atom. The summed E-state index contributed by atoms with van der Waals surface area (Å²) >= 11 is 7.11. The second-order valence-corrected chi connectivity index (χ2v) is 5.53. The monoisotopic (exact) mass is 326 g/mol. The number of hydrogen-bond acceptors (Lipinski definition) is 6. The smallest absolute Gasteiger partial charge is 0.411 e. The van der Waals surface area contributed by atoms with Gasteiger partial charge in [-0.15, -0.1) is 5.10 Å². The summed E-state index contributed by atoms with van der Waals surface area (Å²) in [6.07, 6.45) is -0.468. The molecule has 0 unspecified atom stereocenters. The molecule has 2 aromatic rings. The zero-order valence-corrected chi connectivity index (χ0v) is 13.2. The molecule has 0 atom stereocenters. The Morgan fingerprint density at radius 2 is 2.19 bits per heavy atom. The molecule has 0 aliphatic carbocycles. The Balaban J connectivity index is 2.07. The van der Waals surface area contributed by atoms with E-state index in [2.05, 4.69) is 20.2 Å². The molecule has 0 radical (unpaired) electrons. The van der Waals surface area contributed by atoms with E-state index < -0.39 is 6.09 Å². The van der Waals surface area contributed by atoms with E-state index >= 15 is 0 Å². The summed E-state index contributed by atoms with van der Waals surface area (Å²) in [5, 5.41) is 9.87. The van der Waals surface area contributed by atoms with Gasteiger partial charge in [0.15, 0.2) is 0 Å². The molecule has 0 aliphatic rings. The zero-order chi connectivity index (χ0) is 15.2. The third-order valence-electron chi connectivity index (χ3n) is 2.80. The second-order valence-electron chi connectivity index (χ2n) is 4.17. The molecule has 0 bridgehead atoms. The lowest BCUT2D eigenvalue weighted by Crippen LogP contribution is -2.14. The number of carbonyl (C=O) groups excluding carboxylic acids is 1. The number of carbonyl (C=O) groups is 1. The summed E-state index contributed by atoms with van der Waals surface area (Å²) in [7, 11) is 0. The maximum atomic E-state index is 11.5. The first kappa shape index (κ1) is 15.5. The average molecular weight is 327 g/mol. The minimum absolute atomic E-state index is 0.331. The van der Waals surface area contributed by atoms with Crippen LogP contribution in [-0.2, 0) is 11.3 Å². The Labute approximate surface area is 131 Å². The number of nitrogens with one attached hydrogen (secondary N) is 2. The lowest BCUT2D eigenvalue weighted by atomic mass is 10.1. The van der Waals surface area contributed by atoms with Crippen LogP contribution in [-0.4, -0.2) is 22.3 Å². The van der Waals surface area contributed by atoms with Gasteiger partial charge in [-0.3, -0.25) is 5.32 Å². The Morgan fingerprint density at radius 1 is 1.43 bits per heavy atom. The zero-order valence-electron chi connectivity index (χ0n) is 11.6. The van der Waals surface area contributed by atoms with Crippen LogP contribution in [0.4, 0.5) is 16.2 Å². The fraction of sp³-hybridized carbons (Fsp3) is 0.308. The lowest BCUT2D eigenvalue weighted by Gasteiger charge is -2.13. The van der Waals surface area contributed by atoms with Crippen LogP contribution in [0.5, 0.6) is 0 Å². The van der Waals surface area contributed by atoms with Gasteiger partial charge in [-0.1, -0.05) is 22.2 Å². The molecular formula is C13H15ClN4O2S. The molecule has 1 amide bonds. The van der Waals surface area contributed by atoms with E-state index in [4.69, 9.17) is 16.3 Å². The van der Waals surface area contributed by atoms with Gasteiger partial charge in [-0.25, -0.2) is 4.79 Å². The number of halogens is 1. The quantitative estimate of drug-likeness (QED) is 0.876. The number of nitrogens with zero attached hydrogens (tertiary/aromatic N) is 2. The van der Waals surface area contributed by atoms with E-state index in [0.29, 0.717) is 28.9 Å². The fourth-order valence-electron chi connectivity index (χ4n) is 1.72. The maximum Gasteiger partial charge on any atom is 0.411 e. The maximum absolute atomic E-state index is 11.5. The Hall–Kier alpha value is -1.86. The minimum Gasteiger partial charge on any atom is -0.450 e. The van der Waals surface area contributed by atoms with E-state index in [1.54, 1.807) is 6.92 Å². The first-order valence-corrected chi connectivity index (χ1v) is 7.51. The largest absolute Gasteiger partial charge is 0.450 e. The number of anilines is 2. The highest BCUT2D eigenvalue weighted by Crippen LogP contribution is 2.25. The fourth-order valence-corrected chi connectivity index (χ4v) is 2.35. The van der Waals surface area contributed by atoms with Gasteiger partial charge in [0.05, 0.1) is 13.2 Å². The van der Waals surface area contributed by atoms with Gasteiger partial charge in [0.25, 0.3) is 0 Å². The standard InChI is InChI=1S/C13H15ClN4O2S/c1-3-20-13(19)16-10-6-4-5-9(8(10)2)15-7-11-12(14)21-18-17-11/h4-6,15H,3,7H2,1-2H3,(H,16,19). The van der Waals surface area contributed by atoms with Gasteiger partial charge in [0.1, 0.15) is 10.0 Å². The molecule has 0 fully saturated rings. The van der Waals surface area contributed by atoms with Gasteiger partial charge in [-0.05, 0) is 31.5 Å². The van der Waals surface area contributed by atoms with E-state index in [-0.39, 0.29) is 0 Å². The van der Waals surface area contributed by atoms with Gasteiger partial charge in [-0.2, -0.15) is 0 Å². The molecule has 2 N–H and O–H groups in total. The van der Waals surface area contributed by atoms with Crippen molar-refractivity contribution in [3.05, 3.63) is 33.8 Å². The van der Waals surface area contributed by atoms with Gasteiger partial charge in [0.2, 0.25) is 0 Å². The predicted octanol–water partition coefficient (Wildman–Crippen LogP) is 3.68. The number of hydrogen-bond donors (Lipinski definition) is 2. The highest BCUT2D eigenvalue weighted by molar-refractivity contribution is 7.10. The van der Waals surface area contributed by atoms with Crippen molar-refractivity contribution in [3.8, 4) is 0 Å². The summed E-state index contributed by atoms with van der Waals surface area (Å²) < 4.78 is 9.22. The SMILES string of the molecule is CCOC(=O)Nc1cccc(NCc2nnsc2Cl)c1C. The molecule has 0 saturated heterocycles. The Bertz CT molecular complexity index is 632. The molecule has 1 heterocycles. The van der Waals surface area contributed by atoms with E-state index in [9.17, 15) is 4.79 Å². The van der Waals surface area contributed by atoms with Crippen molar-refractivity contribution >= 4 is 40.6 Å². The van der Waals surface area contributed by atoms with Crippen LogP contribution in [0.2, 0.25) is 4.34 Å². The predicted molar refractivity (Wildman–Crippen MR) is 84.1 cm³/mol. The molecule has 8 heteroatoms. The third kappa shape index (κ3) is 4.05. The highest BCUT2D eigenvalue weighted by Gasteiger charge is 2.09. The second kappa shape index (κ2) is 7.24. The van der Waals surface area contributed by atoms with Crippen LogP contribution < -0.4 is 10.6 Å². The topological polar surface area (TPSA) is 76.1 Å². The van der Waals surface area contributed by atoms with Crippen molar-refractivity contribution in [1.29, 1.82) is 0 Å².